The van der Waals surface area contributed by atoms with Gasteiger partial charge in [-0.3, -0.25) is 9.35 Å². The summed E-state index contributed by atoms with van der Waals surface area (Å²) < 4.78 is 90.3. The molecule has 0 radical (unpaired) electrons. The largest absolute Gasteiger partial charge is 0.573 e. The lowest BCUT2D eigenvalue weighted by Gasteiger charge is -2.11. The van der Waals surface area contributed by atoms with Crippen LogP contribution in [0.2, 0.25) is 0 Å². The molecule has 0 atom stereocenters. The zero-order valence-electron chi connectivity index (χ0n) is 16.0. The first kappa shape index (κ1) is 24.3. The number of aromatic nitrogens is 1. The highest BCUT2D eigenvalue weighted by atomic mass is 32.2. The van der Waals surface area contributed by atoms with Gasteiger partial charge in [-0.15, -0.1) is 13.2 Å². The number of hydrogen-bond donors (Lipinski definition) is 1. The predicted octanol–water partition coefficient (Wildman–Crippen LogP) is 4.07. The van der Waals surface area contributed by atoms with Crippen molar-refractivity contribution in [3.63, 3.8) is 0 Å². The number of ether oxygens (including phenoxy) is 2. The first-order chi connectivity index (χ1) is 14.5. The number of methoxy groups -OCH3 is 1. The maximum absolute atomic E-state index is 13.9. The van der Waals surface area contributed by atoms with E-state index in [0.29, 0.717) is 6.29 Å². The van der Waals surface area contributed by atoms with Crippen molar-refractivity contribution in [3.05, 3.63) is 60.0 Å². The second kappa shape index (κ2) is 9.90. The summed E-state index contributed by atoms with van der Waals surface area (Å²) in [6.45, 7) is 0.402. The molecule has 7 nitrogen and oxygen atoms in total. The van der Waals surface area contributed by atoms with E-state index >= 15 is 0 Å². The molecular formula is C19H17F4NO6S. The summed E-state index contributed by atoms with van der Waals surface area (Å²) in [6, 6.07) is 9.13. The molecule has 0 spiro atoms. The molecule has 31 heavy (non-hydrogen) atoms. The van der Waals surface area contributed by atoms with Crippen LogP contribution < -0.4 is 4.74 Å². The Morgan fingerprint density at radius 2 is 1.77 bits per heavy atom. The molecule has 0 saturated heterocycles. The third-order valence-corrected chi connectivity index (χ3v) is 4.76. The molecule has 3 rings (SSSR count). The molecule has 168 valence electrons. The summed E-state index contributed by atoms with van der Waals surface area (Å²) in [6.07, 6.45) is -3.31. The van der Waals surface area contributed by atoms with E-state index in [1.807, 2.05) is 0 Å². The summed E-state index contributed by atoms with van der Waals surface area (Å²) in [7, 11) is -2.57. The number of rotatable bonds is 6. The highest BCUT2D eigenvalue weighted by molar-refractivity contribution is 7.85. The second-order valence-electron chi connectivity index (χ2n) is 5.99. The molecule has 0 aliphatic carbocycles. The third-order valence-electron chi connectivity index (χ3n) is 3.89. The number of carbonyl (C=O) groups excluding carboxylic acids is 1. The van der Waals surface area contributed by atoms with Gasteiger partial charge in [0.1, 0.15) is 11.6 Å². The van der Waals surface area contributed by atoms with Gasteiger partial charge in [-0.1, -0.05) is 18.2 Å². The first-order valence-corrected chi connectivity index (χ1v) is 9.95. The van der Waals surface area contributed by atoms with Gasteiger partial charge in [0.2, 0.25) is 0 Å². The number of alkyl halides is 3. The minimum Gasteiger partial charge on any atom is -0.405 e. The molecule has 3 aromatic rings. The number of aldehydes is 1. The normalized spacial score (nSPS) is 11.7. The van der Waals surface area contributed by atoms with Gasteiger partial charge in [-0.05, 0) is 24.3 Å². The van der Waals surface area contributed by atoms with E-state index in [4.69, 9.17) is 9.29 Å². The fourth-order valence-electron chi connectivity index (χ4n) is 2.66. The second-order valence-corrected chi connectivity index (χ2v) is 7.42. The van der Waals surface area contributed by atoms with Crippen LogP contribution in [0.25, 0.3) is 10.9 Å². The van der Waals surface area contributed by atoms with E-state index in [9.17, 15) is 30.8 Å². The highest BCUT2D eigenvalue weighted by Crippen LogP contribution is 2.35. The monoisotopic (exact) mass is 463 g/mol. The number of halogens is 4. The first-order valence-electron chi connectivity index (χ1n) is 8.51. The van der Waals surface area contributed by atoms with Crippen LogP contribution in [0.1, 0.15) is 10.4 Å². The van der Waals surface area contributed by atoms with Crippen molar-refractivity contribution in [2.45, 2.75) is 17.8 Å². The van der Waals surface area contributed by atoms with Crippen LogP contribution in [0.15, 0.2) is 53.6 Å². The van der Waals surface area contributed by atoms with Crippen molar-refractivity contribution < 1.29 is 44.8 Å². The van der Waals surface area contributed by atoms with Gasteiger partial charge in [-0.25, -0.2) is 4.39 Å². The highest BCUT2D eigenvalue weighted by Gasteiger charge is 2.33. The van der Waals surface area contributed by atoms with E-state index in [0.717, 1.165) is 12.1 Å². The number of nitrogens with zero attached hydrogens (tertiary/aromatic N) is 1. The Morgan fingerprint density at radius 1 is 1.13 bits per heavy atom. The van der Waals surface area contributed by atoms with Crippen LogP contribution in [-0.4, -0.2) is 43.9 Å². The minimum absolute atomic E-state index is 0.0741. The van der Waals surface area contributed by atoms with Gasteiger partial charge in [0.05, 0.1) is 22.4 Å². The molecule has 0 aliphatic heterocycles. The predicted molar refractivity (Wildman–Crippen MR) is 102 cm³/mol. The van der Waals surface area contributed by atoms with Gasteiger partial charge in [0.15, 0.2) is 6.29 Å². The molecule has 0 bridgehead atoms. The lowest BCUT2D eigenvalue weighted by molar-refractivity contribution is -0.274. The molecular weight excluding hydrogens is 446 g/mol. The molecule has 1 N–H and O–H groups in total. The fourth-order valence-corrected chi connectivity index (χ4v) is 3.16. The van der Waals surface area contributed by atoms with Crippen molar-refractivity contribution >= 4 is 27.3 Å². The summed E-state index contributed by atoms with van der Waals surface area (Å²) >= 11 is 0. The van der Waals surface area contributed by atoms with Gasteiger partial charge in [0, 0.05) is 25.4 Å². The quantitative estimate of drug-likeness (QED) is 0.337. The Labute approximate surface area is 174 Å². The van der Waals surface area contributed by atoms with Crippen molar-refractivity contribution in [1.82, 2.24) is 4.57 Å². The van der Waals surface area contributed by atoms with Gasteiger partial charge >= 0.3 is 6.36 Å². The SMILES string of the molecule is COCCn1cc(C=O)c2c(OC(F)(F)F)ccc(F)c21.O=S(=O)(O)c1ccccc1. The van der Waals surface area contributed by atoms with E-state index in [1.54, 1.807) is 18.2 Å². The van der Waals surface area contributed by atoms with Crippen molar-refractivity contribution in [2.75, 3.05) is 13.7 Å². The van der Waals surface area contributed by atoms with Gasteiger partial charge < -0.3 is 14.0 Å². The van der Waals surface area contributed by atoms with Crippen LogP contribution in [0.5, 0.6) is 5.75 Å². The van der Waals surface area contributed by atoms with Gasteiger partial charge in [0.25, 0.3) is 10.1 Å². The van der Waals surface area contributed by atoms with Crippen molar-refractivity contribution in [3.8, 4) is 5.75 Å². The van der Waals surface area contributed by atoms with E-state index < -0.39 is 28.0 Å². The Balaban J connectivity index is 0.000000285. The number of carbonyl (C=O) groups is 1. The van der Waals surface area contributed by atoms with E-state index in [2.05, 4.69) is 4.74 Å². The minimum atomic E-state index is -4.93. The molecule has 12 heteroatoms. The average molecular weight is 463 g/mol. The maximum atomic E-state index is 13.9. The van der Waals surface area contributed by atoms with E-state index in [1.165, 1.54) is 30.0 Å². The maximum Gasteiger partial charge on any atom is 0.573 e. The van der Waals surface area contributed by atoms with E-state index in [-0.39, 0.29) is 34.5 Å². The number of fused-ring (bicyclic) bond motifs is 1. The Morgan fingerprint density at radius 3 is 2.26 bits per heavy atom. The molecule has 1 heterocycles. The summed E-state index contributed by atoms with van der Waals surface area (Å²) in [5.74, 6) is -1.36. The Kier molecular flexibility index (Phi) is 7.76. The molecule has 2 aromatic carbocycles. The molecule has 0 aliphatic rings. The Hall–Kier alpha value is -2.96. The lowest BCUT2D eigenvalue weighted by Crippen LogP contribution is -2.17. The van der Waals surface area contributed by atoms with Crippen LogP contribution in [0.3, 0.4) is 0 Å². The van der Waals surface area contributed by atoms with Crippen LogP contribution in [0, 0.1) is 5.82 Å². The molecule has 1 aromatic heterocycles. The molecule has 0 saturated carbocycles. The summed E-state index contributed by atoms with van der Waals surface area (Å²) in [5, 5.41) is -0.210. The third kappa shape index (κ3) is 6.51. The van der Waals surface area contributed by atoms with Gasteiger partial charge in [-0.2, -0.15) is 8.42 Å². The van der Waals surface area contributed by atoms with Crippen LogP contribution in [-0.2, 0) is 21.4 Å². The van der Waals surface area contributed by atoms with Crippen LogP contribution in [0.4, 0.5) is 17.6 Å². The topological polar surface area (TPSA) is 94.8 Å². The number of hydrogen-bond acceptors (Lipinski definition) is 5. The summed E-state index contributed by atoms with van der Waals surface area (Å²) in [4.78, 5) is 11.0. The van der Waals surface area contributed by atoms with Crippen molar-refractivity contribution in [2.24, 2.45) is 0 Å². The fraction of sp³-hybridized carbons (Fsp3) is 0.211. The number of benzene rings is 2. The smallest absolute Gasteiger partial charge is 0.405 e. The zero-order valence-corrected chi connectivity index (χ0v) is 16.8. The Bertz CT molecular complexity index is 1140. The molecule has 0 unspecified atom stereocenters. The average Bonchev–Trinajstić information content (AvgIpc) is 3.08. The zero-order chi connectivity index (χ0) is 23.2. The lowest BCUT2D eigenvalue weighted by atomic mass is 10.1. The molecule has 0 amide bonds. The summed E-state index contributed by atoms with van der Waals surface area (Å²) in [5.41, 5.74) is -0.212. The van der Waals surface area contributed by atoms with Crippen LogP contribution >= 0.6 is 0 Å². The van der Waals surface area contributed by atoms with Crippen molar-refractivity contribution in [1.29, 1.82) is 0 Å². The standard InChI is InChI=1S/C13H11F4NO3.C6H6O3S/c1-20-5-4-18-6-8(7-19)11-10(21-13(15,16)17)3-2-9(14)12(11)18;7-10(8,9)6-4-2-1-3-5-6/h2-3,6-7H,4-5H2,1H3;1-5H,(H,7,8,9). The molecule has 0 fully saturated rings.